The minimum atomic E-state index is -3.55. The van der Waals surface area contributed by atoms with Gasteiger partial charge in [-0.15, -0.1) is 0 Å². The molecule has 0 spiro atoms. The van der Waals surface area contributed by atoms with E-state index >= 15 is 0 Å². The highest BCUT2D eigenvalue weighted by atomic mass is 32.2. The van der Waals surface area contributed by atoms with Crippen molar-refractivity contribution in [3.63, 3.8) is 0 Å². The van der Waals surface area contributed by atoms with Gasteiger partial charge in [0, 0.05) is 11.6 Å². The summed E-state index contributed by atoms with van der Waals surface area (Å²) >= 11 is 0. The minimum absolute atomic E-state index is 0.256. The maximum atomic E-state index is 12.2. The molecule has 5 heteroatoms. The van der Waals surface area contributed by atoms with Crippen molar-refractivity contribution in [3.05, 3.63) is 29.8 Å². The van der Waals surface area contributed by atoms with Gasteiger partial charge in [0.15, 0.2) is 0 Å². The van der Waals surface area contributed by atoms with Gasteiger partial charge in [-0.2, -0.15) is 13.5 Å². The molecule has 2 rings (SSSR count). The summed E-state index contributed by atoms with van der Waals surface area (Å²) in [6.07, 6.45) is 2.98. The summed E-state index contributed by atoms with van der Waals surface area (Å²) in [4.78, 5) is 2.64. The predicted molar refractivity (Wildman–Crippen MR) is 81.1 cm³/mol. The highest BCUT2D eigenvalue weighted by molar-refractivity contribution is 7.89. The largest absolute Gasteiger partial charge is 0.276 e. The van der Waals surface area contributed by atoms with E-state index in [4.69, 9.17) is 0 Å². The molecule has 1 aliphatic carbocycles. The lowest BCUT2D eigenvalue weighted by molar-refractivity contribution is 0.467. The molecule has 1 aliphatic rings. The summed E-state index contributed by atoms with van der Waals surface area (Å²) in [6.45, 7) is 6.25. The number of aryl methyl sites for hydroxylation is 1. The van der Waals surface area contributed by atoms with Gasteiger partial charge in [0.05, 0.1) is 4.90 Å². The second-order valence-electron chi connectivity index (χ2n) is 5.54. The normalized spacial score (nSPS) is 25.1. The molecule has 1 aromatic carbocycles. The molecule has 0 aromatic heterocycles. The van der Waals surface area contributed by atoms with Crippen molar-refractivity contribution in [1.29, 1.82) is 0 Å². The Morgan fingerprint density at radius 1 is 1.30 bits per heavy atom. The highest BCUT2D eigenvalue weighted by Crippen LogP contribution is 2.31. The molecule has 20 heavy (non-hydrogen) atoms. The van der Waals surface area contributed by atoms with E-state index in [1.165, 1.54) is 0 Å². The third kappa shape index (κ3) is 3.20. The molecular formula is C15H22N2O2S. The van der Waals surface area contributed by atoms with Crippen molar-refractivity contribution in [2.24, 2.45) is 16.9 Å². The Kier molecular flexibility index (Phi) is 4.48. The molecule has 0 aliphatic heterocycles. The van der Waals surface area contributed by atoms with Gasteiger partial charge in [0.2, 0.25) is 0 Å². The Morgan fingerprint density at radius 3 is 2.55 bits per heavy atom. The molecule has 1 N–H and O–H groups in total. The maximum absolute atomic E-state index is 12.2. The van der Waals surface area contributed by atoms with Gasteiger partial charge in [0.1, 0.15) is 0 Å². The molecule has 0 saturated heterocycles. The molecule has 1 fully saturated rings. The first-order valence-corrected chi connectivity index (χ1v) is 8.57. The zero-order valence-electron chi connectivity index (χ0n) is 12.3. The monoisotopic (exact) mass is 294 g/mol. The average molecular weight is 294 g/mol. The molecule has 1 saturated carbocycles. The lowest BCUT2D eigenvalue weighted by atomic mass is 9.95. The SMILES string of the molecule is CC[C@H]1/C(=N\NS(=O)(=O)c2ccc(C)cc2)CC[C@@H]1C. The number of nitrogens with zero attached hydrogens (tertiary/aromatic N) is 1. The van der Waals surface area contributed by atoms with Gasteiger partial charge in [-0.3, -0.25) is 0 Å². The van der Waals surface area contributed by atoms with Crippen LogP contribution in [0.5, 0.6) is 0 Å². The van der Waals surface area contributed by atoms with Gasteiger partial charge >= 0.3 is 0 Å². The highest BCUT2D eigenvalue weighted by Gasteiger charge is 2.28. The van der Waals surface area contributed by atoms with E-state index in [1.807, 2.05) is 6.92 Å². The van der Waals surface area contributed by atoms with Crippen LogP contribution in [-0.4, -0.2) is 14.1 Å². The predicted octanol–water partition coefficient (Wildman–Crippen LogP) is 3.09. The molecule has 2 atom stereocenters. The van der Waals surface area contributed by atoms with E-state index in [0.29, 0.717) is 11.8 Å². The first-order chi connectivity index (χ1) is 9.44. The smallest absolute Gasteiger partial charge is 0.200 e. The van der Waals surface area contributed by atoms with Crippen LogP contribution in [0, 0.1) is 18.8 Å². The average Bonchev–Trinajstić information content (AvgIpc) is 2.77. The standard InChI is InChI=1S/C15H22N2O2S/c1-4-14-12(3)7-10-15(14)16-17-20(18,19)13-8-5-11(2)6-9-13/h5-6,8-9,12,14,17H,4,7,10H2,1-3H3/b16-15-/t12-,14+/m0/s1. The molecule has 1 aromatic rings. The molecule has 110 valence electrons. The second-order valence-corrected chi connectivity index (χ2v) is 7.20. The fourth-order valence-electron chi connectivity index (χ4n) is 2.76. The van der Waals surface area contributed by atoms with Crippen LogP contribution in [0.15, 0.2) is 34.3 Å². The van der Waals surface area contributed by atoms with Crippen LogP contribution < -0.4 is 4.83 Å². The zero-order chi connectivity index (χ0) is 14.8. The van der Waals surface area contributed by atoms with Crippen molar-refractivity contribution < 1.29 is 8.42 Å². The van der Waals surface area contributed by atoms with Gasteiger partial charge in [0.25, 0.3) is 10.0 Å². The molecule has 0 heterocycles. The number of rotatable bonds is 4. The summed E-state index contributed by atoms with van der Waals surface area (Å²) in [5.74, 6) is 0.985. The van der Waals surface area contributed by atoms with Crippen LogP contribution in [0.4, 0.5) is 0 Å². The third-order valence-corrected chi connectivity index (χ3v) is 5.28. The van der Waals surface area contributed by atoms with E-state index < -0.39 is 10.0 Å². The summed E-state index contributed by atoms with van der Waals surface area (Å²) in [6, 6.07) is 6.78. The van der Waals surface area contributed by atoms with Crippen molar-refractivity contribution in [1.82, 2.24) is 4.83 Å². The van der Waals surface area contributed by atoms with Crippen LogP contribution >= 0.6 is 0 Å². The van der Waals surface area contributed by atoms with Crippen LogP contribution in [0.1, 0.15) is 38.7 Å². The van der Waals surface area contributed by atoms with Crippen LogP contribution in [0.3, 0.4) is 0 Å². The van der Waals surface area contributed by atoms with Crippen LogP contribution in [-0.2, 0) is 10.0 Å². The van der Waals surface area contributed by atoms with Crippen molar-refractivity contribution in [2.45, 2.75) is 44.9 Å². The topological polar surface area (TPSA) is 58.5 Å². The second kappa shape index (κ2) is 5.95. The van der Waals surface area contributed by atoms with E-state index in [-0.39, 0.29) is 4.90 Å². The first-order valence-electron chi connectivity index (χ1n) is 7.09. The van der Waals surface area contributed by atoms with Crippen molar-refractivity contribution in [2.75, 3.05) is 0 Å². The fourth-order valence-corrected chi connectivity index (χ4v) is 3.59. The summed E-state index contributed by atoms with van der Waals surface area (Å²) < 4.78 is 24.3. The molecule has 0 amide bonds. The van der Waals surface area contributed by atoms with E-state index in [2.05, 4.69) is 23.8 Å². The molecule has 0 radical (unpaired) electrons. The van der Waals surface area contributed by atoms with Gasteiger partial charge in [-0.05, 0) is 44.2 Å². The molecule has 4 nitrogen and oxygen atoms in total. The number of sulfonamides is 1. The maximum Gasteiger partial charge on any atom is 0.276 e. The van der Waals surface area contributed by atoms with Gasteiger partial charge in [-0.1, -0.05) is 31.5 Å². The summed E-state index contributed by atoms with van der Waals surface area (Å²) in [5.41, 5.74) is 2.02. The number of hydrazone groups is 1. The Bertz CT molecular complexity index is 591. The van der Waals surface area contributed by atoms with E-state index in [1.54, 1.807) is 24.3 Å². The molecular weight excluding hydrogens is 272 g/mol. The van der Waals surface area contributed by atoms with E-state index in [9.17, 15) is 8.42 Å². The quantitative estimate of drug-likeness (QED) is 0.868. The Labute approximate surface area is 121 Å². The Morgan fingerprint density at radius 2 is 1.95 bits per heavy atom. The third-order valence-electron chi connectivity index (χ3n) is 4.05. The van der Waals surface area contributed by atoms with E-state index in [0.717, 1.165) is 30.5 Å². The zero-order valence-corrected chi connectivity index (χ0v) is 13.1. The number of benzene rings is 1. The van der Waals surface area contributed by atoms with Gasteiger partial charge in [-0.25, -0.2) is 4.83 Å². The van der Waals surface area contributed by atoms with Crippen LogP contribution in [0.25, 0.3) is 0 Å². The number of nitrogens with one attached hydrogen (secondary N) is 1. The number of hydrogen-bond donors (Lipinski definition) is 1. The first kappa shape index (κ1) is 15.0. The lowest BCUT2D eigenvalue weighted by Crippen LogP contribution is -2.22. The molecule has 0 unspecified atom stereocenters. The molecule has 0 bridgehead atoms. The van der Waals surface area contributed by atoms with Crippen molar-refractivity contribution in [3.8, 4) is 0 Å². The van der Waals surface area contributed by atoms with Crippen molar-refractivity contribution >= 4 is 15.7 Å². The van der Waals surface area contributed by atoms with Gasteiger partial charge < -0.3 is 0 Å². The number of hydrogen-bond acceptors (Lipinski definition) is 3. The Balaban J connectivity index is 2.15. The fraction of sp³-hybridized carbons (Fsp3) is 0.533. The lowest BCUT2D eigenvalue weighted by Gasteiger charge is -2.13. The minimum Gasteiger partial charge on any atom is -0.200 e. The summed E-state index contributed by atoms with van der Waals surface area (Å²) in [5, 5.41) is 4.18. The summed E-state index contributed by atoms with van der Waals surface area (Å²) in [7, 11) is -3.55. The van der Waals surface area contributed by atoms with Crippen LogP contribution in [0.2, 0.25) is 0 Å². The Hall–Kier alpha value is -1.36.